The van der Waals surface area contributed by atoms with E-state index in [0.717, 1.165) is 24.3 Å². The second-order valence-corrected chi connectivity index (χ2v) is 7.38. The molecule has 1 fully saturated rings. The van der Waals surface area contributed by atoms with Crippen LogP contribution < -0.4 is 0 Å². The minimum atomic E-state index is -0.475. The number of fused-ring (bicyclic) bond motifs is 1. The Morgan fingerprint density at radius 3 is 2.67 bits per heavy atom. The van der Waals surface area contributed by atoms with Gasteiger partial charge in [-0.1, -0.05) is 0 Å². The average molecular weight is 373 g/mol. The van der Waals surface area contributed by atoms with Crippen LogP contribution in [0.3, 0.4) is 0 Å². The number of carbonyl (C=O) groups excluding carboxylic acids is 2. The maximum atomic E-state index is 12.9. The number of allylic oxidation sites excluding steroid dienone is 1. The second kappa shape index (κ2) is 8.21. The van der Waals surface area contributed by atoms with Crippen LogP contribution in [0.1, 0.15) is 57.5 Å². The number of nitrogens with zero attached hydrogens (tertiary/aromatic N) is 1. The lowest BCUT2D eigenvalue weighted by atomic mass is 9.71. The molecule has 1 aromatic heterocycles. The summed E-state index contributed by atoms with van der Waals surface area (Å²) < 4.78 is 16.7. The number of esters is 1. The number of furan rings is 1. The third kappa shape index (κ3) is 4.21. The Labute approximate surface area is 159 Å². The summed E-state index contributed by atoms with van der Waals surface area (Å²) in [5.74, 6) is 0.0953. The number of carbonyl (C=O) groups is 2. The van der Waals surface area contributed by atoms with Gasteiger partial charge in [-0.25, -0.2) is 4.79 Å². The molecule has 1 saturated carbocycles. The number of aliphatic imine (C=N–C) groups is 1. The molecule has 0 saturated heterocycles. The Morgan fingerprint density at radius 1 is 1.22 bits per heavy atom. The minimum Gasteiger partial charge on any atom is -0.466 e. The summed E-state index contributed by atoms with van der Waals surface area (Å²) in [6.07, 6.45) is 2.15. The monoisotopic (exact) mass is 373 g/mol. The molecular formula is C21H27NO5. The van der Waals surface area contributed by atoms with Crippen molar-refractivity contribution in [3.8, 4) is 0 Å². The van der Waals surface area contributed by atoms with Crippen molar-refractivity contribution in [1.82, 2.24) is 0 Å². The van der Waals surface area contributed by atoms with Crippen molar-refractivity contribution in [3.05, 3.63) is 34.9 Å². The maximum absolute atomic E-state index is 12.9. The first-order valence-corrected chi connectivity index (χ1v) is 9.54. The van der Waals surface area contributed by atoms with Gasteiger partial charge in [0.1, 0.15) is 23.9 Å². The van der Waals surface area contributed by atoms with Gasteiger partial charge in [-0.05, 0) is 52.7 Å². The number of aryl methyl sites for hydroxylation is 1. The van der Waals surface area contributed by atoms with Gasteiger partial charge in [-0.2, -0.15) is 0 Å². The molecular weight excluding hydrogens is 346 g/mol. The standard InChI is InChI=1S/C21H27NO5/c1-12(2)25-10-11-26-21(24)18-14(4)22-15-6-5-7-16(23)19(15)20(18)17-9-8-13(3)27-17/h8-9,12,19-20H,5-7,10-11H2,1-4H3/t19?,20-/m0/s1. The van der Waals surface area contributed by atoms with Crippen LogP contribution in [0.5, 0.6) is 0 Å². The molecule has 1 aliphatic heterocycles. The Hall–Kier alpha value is -2.21. The Morgan fingerprint density at radius 2 is 2.00 bits per heavy atom. The molecule has 2 aliphatic rings. The summed E-state index contributed by atoms with van der Waals surface area (Å²) in [5.41, 5.74) is 1.87. The SMILES string of the molecule is CC1=C(C(=O)OCCOC(C)C)[C@H](c2ccc(C)o2)C2C(=O)CCCC2=N1. The molecule has 2 heterocycles. The highest BCUT2D eigenvalue weighted by atomic mass is 16.6. The lowest BCUT2D eigenvalue weighted by Gasteiger charge is -2.34. The predicted octanol–water partition coefficient (Wildman–Crippen LogP) is 3.74. The first-order chi connectivity index (χ1) is 12.9. The van der Waals surface area contributed by atoms with Gasteiger partial charge >= 0.3 is 5.97 Å². The topological polar surface area (TPSA) is 78.1 Å². The van der Waals surface area contributed by atoms with Gasteiger partial charge in [0.15, 0.2) is 0 Å². The van der Waals surface area contributed by atoms with E-state index in [2.05, 4.69) is 4.99 Å². The summed E-state index contributed by atoms with van der Waals surface area (Å²) in [6.45, 7) is 7.99. The molecule has 27 heavy (non-hydrogen) atoms. The second-order valence-electron chi connectivity index (χ2n) is 7.38. The lowest BCUT2D eigenvalue weighted by molar-refractivity contribution is -0.141. The van der Waals surface area contributed by atoms with E-state index in [-0.39, 0.29) is 18.5 Å². The van der Waals surface area contributed by atoms with Crippen molar-refractivity contribution < 1.29 is 23.5 Å². The summed E-state index contributed by atoms with van der Waals surface area (Å²) in [5, 5.41) is 0. The van der Waals surface area contributed by atoms with E-state index in [4.69, 9.17) is 13.9 Å². The van der Waals surface area contributed by atoms with Crippen LogP contribution in [0.25, 0.3) is 0 Å². The molecule has 146 valence electrons. The van der Waals surface area contributed by atoms with Gasteiger partial charge < -0.3 is 13.9 Å². The zero-order valence-electron chi connectivity index (χ0n) is 16.4. The molecule has 0 spiro atoms. The zero-order valence-corrected chi connectivity index (χ0v) is 16.4. The third-order valence-corrected chi connectivity index (χ3v) is 4.96. The molecule has 0 bridgehead atoms. The minimum absolute atomic E-state index is 0.0743. The van der Waals surface area contributed by atoms with Crippen molar-refractivity contribution in [1.29, 1.82) is 0 Å². The van der Waals surface area contributed by atoms with Crippen LogP contribution in [0.15, 0.2) is 32.8 Å². The lowest BCUT2D eigenvalue weighted by Crippen LogP contribution is -2.39. The molecule has 1 aromatic rings. The van der Waals surface area contributed by atoms with E-state index in [1.165, 1.54) is 0 Å². The van der Waals surface area contributed by atoms with Crippen LogP contribution in [-0.4, -0.2) is 36.8 Å². The van der Waals surface area contributed by atoms with E-state index in [9.17, 15) is 9.59 Å². The van der Waals surface area contributed by atoms with E-state index >= 15 is 0 Å². The van der Waals surface area contributed by atoms with Gasteiger partial charge in [-0.3, -0.25) is 9.79 Å². The van der Waals surface area contributed by atoms with Crippen molar-refractivity contribution in [3.63, 3.8) is 0 Å². The largest absolute Gasteiger partial charge is 0.466 e. The highest BCUT2D eigenvalue weighted by Crippen LogP contribution is 2.43. The van der Waals surface area contributed by atoms with Crippen molar-refractivity contribution >= 4 is 17.5 Å². The molecule has 0 amide bonds. The fourth-order valence-corrected chi connectivity index (χ4v) is 3.81. The maximum Gasteiger partial charge on any atom is 0.336 e. The summed E-state index contributed by atoms with van der Waals surface area (Å²) in [6, 6.07) is 3.69. The molecule has 6 heteroatoms. The quantitative estimate of drug-likeness (QED) is 0.561. The van der Waals surface area contributed by atoms with Crippen molar-refractivity contribution in [2.75, 3.05) is 13.2 Å². The fourth-order valence-electron chi connectivity index (χ4n) is 3.81. The number of Topliss-reactive ketones (excluding diaryl/α,β-unsaturated/α-hetero) is 1. The van der Waals surface area contributed by atoms with Gasteiger partial charge in [0.05, 0.1) is 30.1 Å². The van der Waals surface area contributed by atoms with Crippen molar-refractivity contribution in [2.24, 2.45) is 10.9 Å². The van der Waals surface area contributed by atoms with E-state index in [1.807, 2.05) is 32.9 Å². The van der Waals surface area contributed by atoms with Crippen molar-refractivity contribution in [2.45, 2.75) is 59.0 Å². The van der Waals surface area contributed by atoms with Crippen LogP contribution in [0.4, 0.5) is 0 Å². The first kappa shape index (κ1) is 19.5. The number of ketones is 1. The smallest absolute Gasteiger partial charge is 0.336 e. The summed E-state index contributed by atoms with van der Waals surface area (Å²) in [7, 11) is 0. The van der Waals surface area contributed by atoms with Crippen LogP contribution in [0, 0.1) is 12.8 Å². The molecule has 3 rings (SSSR count). The van der Waals surface area contributed by atoms with E-state index < -0.39 is 17.8 Å². The van der Waals surface area contributed by atoms with Gasteiger partial charge in [0.2, 0.25) is 0 Å². The highest BCUT2D eigenvalue weighted by Gasteiger charge is 2.45. The van der Waals surface area contributed by atoms with Gasteiger partial charge in [0, 0.05) is 17.8 Å². The Bertz CT molecular complexity index is 786. The zero-order chi connectivity index (χ0) is 19.6. The molecule has 1 unspecified atom stereocenters. The number of hydrogen-bond donors (Lipinski definition) is 0. The highest BCUT2D eigenvalue weighted by molar-refractivity contribution is 6.11. The van der Waals surface area contributed by atoms with Crippen LogP contribution >= 0.6 is 0 Å². The molecule has 1 aliphatic carbocycles. The van der Waals surface area contributed by atoms with Crippen LogP contribution in [0.2, 0.25) is 0 Å². The Kier molecular flexibility index (Phi) is 5.95. The molecule has 0 aromatic carbocycles. The third-order valence-electron chi connectivity index (χ3n) is 4.96. The average Bonchev–Trinajstić information content (AvgIpc) is 3.03. The molecule has 0 radical (unpaired) electrons. The normalized spacial score (nSPS) is 22.7. The molecule has 6 nitrogen and oxygen atoms in total. The van der Waals surface area contributed by atoms with E-state index in [1.54, 1.807) is 6.92 Å². The van der Waals surface area contributed by atoms with E-state index in [0.29, 0.717) is 30.1 Å². The number of ether oxygens (including phenoxy) is 2. The molecule has 0 N–H and O–H groups in total. The van der Waals surface area contributed by atoms with Gasteiger partial charge in [-0.15, -0.1) is 0 Å². The molecule has 2 atom stereocenters. The van der Waals surface area contributed by atoms with Gasteiger partial charge in [0.25, 0.3) is 0 Å². The fraction of sp³-hybridized carbons (Fsp3) is 0.571. The van der Waals surface area contributed by atoms with Crippen LogP contribution in [-0.2, 0) is 19.1 Å². The first-order valence-electron chi connectivity index (χ1n) is 9.54. The number of rotatable bonds is 6. The predicted molar refractivity (Wildman–Crippen MR) is 101 cm³/mol. The number of hydrogen-bond acceptors (Lipinski definition) is 6. The Balaban J connectivity index is 1.91. The summed E-state index contributed by atoms with van der Waals surface area (Å²) >= 11 is 0. The summed E-state index contributed by atoms with van der Waals surface area (Å²) in [4.78, 5) is 30.2.